The SMILES string of the molecule is Cc1[nH]c(=O)c(C#N)c(C)c1CCC(=O)O[C@H](C)C(=O)Nc1ccc(Cl)cc1. The number of H-pyrrole nitrogens is 1. The molecule has 0 spiro atoms. The Labute approximate surface area is 167 Å². The van der Waals surface area contributed by atoms with Gasteiger partial charge in [0.15, 0.2) is 6.10 Å². The van der Waals surface area contributed by atoms with Crippen LogP contribution in [0.1, 0.15) is 35.7 Å². The molecule has 0 aliphatic heterocycles. The third-order valence-electron chi connectivity index (χ3n) is 4.29. The van der Waals surface area contributed by atoms with Gasteiger partial charge < -0.3 is 15.0 Å². The maximum atomic E-state index is 12.1. The highest BCUT2D eigenvalue weighted by atomic mass is 35.5. The van der Waals surface area contributed by atoms with Crippen molar-refractivity contribution in [1.82, 2.24) is 4.98 Å². The molecule has 1 heterocycles. The quantitative estimate of drug-likeness (QED) is 0.722. The second-order valence-electron chi connectivity index (χ2n) is 6.30. The van der Waals surface area contributed by atoms with Gasteiger partial charge in [-0.2, -0.15) is 5.26 Å². The molecule has 1 atom stereocenters. The fourth-order valence-corrected chi connectivity index (χ4v) is 2.86. The number of halogens is 1. The molecule has 0 aliphatic carbocycles. The van der Waals surface area contributed by atoms with Crippen molar-refractivity contribution in [2.45, 2.75) is 39.7 Å². The van der Waals surface area contributed by atoms with E-state index in [1.54, 1.807) is 38.1 Å². The van der Waals surface area contributed by atoms with Gasteiger partial charge in [-0.3, -0.25) is 14.4 Å². The van der Waals surface area contributed by atoms with Crippen LogP contribution in [0.4, 0.5) is 5.69 Å². The minimum absolute atomic E-state index is 0.0111. The maximum absolute atomic E-state index is 12.1. The van der Waals surface area contributed by atoms with Crippen LogP contribution in [-0.2, 0) is 20.7 Å². The number of aryl methyl sites for hydroxylation is 1. The number of anilines is 1. The lowest BCUT2D eigenvalue weighted by molar-refractivity contribution is -0.153. The molecule has 0 saturated heterocycles. The fraction of sp³-hybridized carbons (Fsp3) is 0.300. The average Bonchev–Trinajstić information content (AvgIpc) is 2.63. The summed E-state index contributed by atoms with van der Waals surface area (Å²) in [5.41, 5.74) is 1.99. The molecule has 0 saturated carbocycles. The van der Waals surface area contributed by atoms with Crippen LogP contribution in [0, 0.1) is 25.2 Å². The Morgan fingerprint density at radius 3 is 2.54 bits per heavy atom. The monoisotopic (exact) mass is 401 g/mol. The van der Waals surface area contributed by atoms with Crippen molar-refractivity contribution in [2.24, 2.45) is 0 Å². The second-order valence-corrected chi connectivity index (χ2v) is 6.73. The van der Waals surface area contributed by atoms with Crippen LogP contribution in [0.2, 0.25) is 5.02 Å². The first kappa shape index (κ1) is 21.2. The normalized spacial score (nSPS) is 11.4. The van der Waals surface area contributed by atoms with E-state index in [1.165, 1.54) is 6.92 Å². The summed E-state index contributed by atoms with van der Waals surface area (Å²) < 4.78 is 5.18. The molecule has 2 rings (SSSR count). The lowest BCUT2D eigenvalue weighted by atomic mass is 9.99. The molecule has 0 radical (unpaired) electrons. The number of esters is 1. The van der Waals surface area contributed by atoms with Crippen LogP contribution in [-0.4, -0.2) is 23.0 Å². The number of nitrogens with one attached hydrogen (secondary N) is 2. The number of carbonyl (C=O) groups excluding carboxylic acids is 2. The number of pyridine rings is 1. The summed E-state index contributed by atoms with van der Waals surface area (Å²) in [6.07, 6.45) is -0.680. The third-order valence-corrected chi connectivity index (χ3v) is 4.54. The molecule has 0 unspecified atom stereocenters. The Morgan fingerprint density at radius 2 is 1.93 bits per heavy atom. The Kier molecular flexibility index (Phi) is 6.96. The molecule has 28 heavy (non-hydrogen) atoms. The van der Waals surface area contributed by atoms with E-state index >= 15 is 0 Å². The number of rotatable bonds is 6. The third kappa shape index (κ3) is 5.21. The van der Waals surface area contributed by atoms with Gasteiger partial charge in [0.2, 0.25) is 0 Å². The standard InChI is InChI=1S/C20H20ClN3O4/c1-11-16(12(2)23-20(27)17(11)10-22)8-9-18(25)28-13(3)19(26)24-15-6-4-14(21)5-7-15/h4-7,13H,8-9H2,1-3H3,(H,23,27)(H,24,26)/t13-/m1/s1. The van der Waals surface area contributed by atoms with Crippen LogP contribution in [0.3, 0.4) is 0 Å². The van der Waals surface area contributed by atoms with E-state index in [2.05, 4.69) is 10.3 Å². The predicted molar refractivity (Wildman–Crippen MR) is 105 cm³/mol. The van der Waals surface area contributed by atoms with Crippen molar-refractivity contribution in [1.29, 1.82) is 5.26 Å². The van der Waals surface area contributed by atoms with Gasteiger partial charge in [0.05, 0.1) is 0 Å². The summed E-state index contributed by atoms with van der Waals surface area (Å²) in [6.45, 7) is 4.86. The molecule has 1 amide bonds. The molecule has 7 nitrogen and oxygen atoms in total. The number of nitrogens with zero attached hydrogens (tertiary/aromatic N) is 1. The summed E-state index contributed by atoms with van der Waals surface area (Å²) in [5.74, 6) is -1.01. The molecule has 1 aromatic heterocycles. The first-order chi connectivity index (χ1) is 13.2. The van der Waals surface area contributed by atoms with E-state index in [9.17, 15) is 14.4 Å². The van der Waals surface area contributed by atoms with Crippen molar-refractivity contribution in [3.63, 3.8) is 0 Å². The molecule has 2 aromatic rings. The lowest BCUT2D eigenvalue weighted by Gasteiger charge is -2.14. The van der Waals surface area contributed by atoms with Crippen molar-refractivity contribution < 1.29 is 14.3 Å². The minimum Gasteiger partial charge on any atom is -0.453 e. The van der Waals surface area contributed by atoms with E-state index in [0.29, 0.717) is 27.5 Å². The highest BCUT2D eigenvalue weighted by molar-refractivity contribution is 6.30. The summed E-state index contributed by atoms with van der Waals surface area (Å²) in [6, 6.07) is 8.43. The van der Waals surface area contributed by atoms with Crippen molar-refractivity contribution in [2.75, 3.05) is 5.32 Å². The van der Waals surface area contributed by atoms with Crippen LogP contribution in [0.15, 0.2) is 29.1 Å². The molecule has 0 aliphatic rings. The Hall–Kier alpha value is -3.11. The number of aromatic amines is 1. The number of aromatic nitrogens is 1. The molecule has 8 heteroatoms. The van der Waals surface area contributed by atoms with Gasteiger partial charge in [-0.1, -0.05) is 11.6 Å². The number of ether oxygens (including phenoxy) is 1. The lowest BCUT2D eigenvalue weighted by Crippen LogP contribution is -2.30. The topological polar surface area (TPSA) is 112 Å². The molecule has 0 bridgehead atoms. The van der Waals surface area contributed by atoms with E-state index in [0.717, 1.165) is 0 Å². The van der Waals surface area contributed by atoms with Gasteiger partial charge in [0.1, 0.15) is 11.6 Å². The van der Waals surface area contributed by atoms with Crippen molar-refractivity contribution in [3.8, 4) is 6.07 Å². The van der Waals surface area contributed by atoms with E-state index in [-0.39, 0.29) is 18.4 Å². The first-order valence-electron chi connectivity index (χ1n) is 8.61. The Bertz CT molecular complexity index is 990. The highest BCUT2D eigenvalue weighted by Gasteiger charge is 2.19. The van der Waals surface area contributed by atoms with Gasteiger partial charge in [0, 0.05) is 22.8 Å². The number of benzene rings is 1. The number of nitriles is 1. The number of carbonyl (C=O) groups is 2. The molecule has 0 fully saturated rings. The molecule has 2 N–H and O–H groups in total. The van der Waals surface area contributed by atoms with Gasteiger partial charge in [-0.15, -0.1) is 0 Å². The van der Waals surface area contributed by atoms with Crippen LogP contribution >= 0.6 is 11.6 Å². The zero-order valence-corrected chi connectivity index (χ0v) is 16.5. The molecule has 1 aromatic carbocycles. The zero-order chi connectivity index (χ0) is 20.8. The fourth-order valence-electron chi connectivity index (χ4n) is 2.73. The molecular weight excluding hydrogens is 382 g/mol. The summed E-state index contributed by atoms with van der Waals surface area (Å²) in [5, 5.41) is 12.3. The minimum atomic E-state index is -0.976. The summed E-state index contributed by atoms with van der Waals surface area (Å²) in [4.78, 5) is 38.6. The van der Waals surface area contributed by atoms with Crippen LogP contribution < -0.4 is 10.9 Å². The summed E-state index contributed by atoms with van der Waals surface area (Å²) >= 11 is 5.80. The highest BCUT2D eigenvalue weighted by Crippen LogP contribution is 2.16. The van der Waals surface area contributed by atoms with E-state index in [4.69, 9.17) is 21.6 Å². The average molecular weight is 402 g/mol. The van der Waals surface area contributed by atoms with E-state index in [1.807, 2.05) is 6.07 Å². The van der Waals surface area contributed by atoms with Gasteiger partial charge >= 0.3 is 5.97 Å². The second kappa shape index (κ2) is 9.20. The maximum Gasteiger partial charge on any atom is 0.306 e. The summed E-state index contributed by atoms with van der Waals surface area (Å²) in [7, 11) is 0. The largest absolute Gasteiger partial charge is 0.453 e. The number of hydrogen-bond donors (Lipinski definition) is 2. The number of hydrogen-bond acceptors (Lipinski definition) is 5. The predicted octanol–water partition coefficient (Wildman–Crippen LogP) is 3.02. The van der Waals surface area contributed by atoms with Gasteiger partial charge in [-0.25, -0.2) is 0 Å². The van der Waals surface area contributed by atoms with Crippen LogP contribution in [0.5, 0.6) is 0 Å². The smallest absolute Gasteiger partial charge is 0.306 e. The van der Waals surface area contributed by atoms with Crippen LogP contribution in [0.25, 0.3) is 0 Å². The van der Waals surface area contributed by atoms with Gasteiger partial charge in [0.25, 0.3) is 11.5 Å². The molecule has 146 valence electrons. The zero-order valence-electron chi connectivity index (χ0n) is 15.8. The Morgan fingerprint density at radius 1 is 1.29 bits per heavy atom. The first-order valence-corrected chi connectivity index (χ1v) is 8.99. The Balaban J connectivity index is 1.95. The van der Waals surface area contributed by atoms with Gasteiger partial charge in [-0.05, 0) is 62.6 Å². The number of amides is 1. The van der Waals surface area contributed by atoms with Crippen molar-refractivity contribution in [3.05, 3.63) is 62.0 Å². The van der Waals surface area contributed by atoms with Crippen molar-refractivity contribution >= 4 is 29.2 Å². The molecular formula is C20H20ClN3O4. The van der Waals surface area contributed by atoms with E-state index < -0.39 is 23.5 Å².